The predicted octanol–water partition coefficient (Wildman–Crippen LogP) is 0.00990. The van der Waals surface area contributed by atoms with Crippen LogP contribution in [0.5, 0.6) is 11.5 Å². The number of hydrogen-bond donors (Lipinski definition) is 2. The Morgan fingerprint density at radius 2 is 1.71 bits per heavy atom. The van der Waals surface area contributed by atoms with Gasteiger partial charge in [-0.25, -0.2) is 4.79 Å². The molecular weight excluding hydrogens is 316 g/mol. The standard InChI is InChI=1S/C16H16N2O6/c17-13(19)6-22-8-4-11(23-7-14(18)20)15-9-2-1-3-10(9)16(21)24-12(15)5-8/h4-5H,1-3,6-7H2,(H2,17,19)(H2,18,20). The van der Waals surface area contributed by atoms with Crippen LogP contribution in [0.25, 0.3) is 11.0 Å². The van der Waals surface area contributed by atoms with Gasteiger partial charge in [-0.2, -0.15) is 0 Å². The van der Waals surface area contributed by atoms with E-state index in [1.165, 1.54) is 12.1 Å². The molecule has 1 aromatic carbocycles. The number of ether oxygens (including phenoxy) is 2. The highest BCUT2D eigenvalue weighted by molar-refractivity contribution is 5.90. The number of carbonyl (C=O) groups excluding carboxylic acids is 2. The zero-order chi connectivity index (χ0) is 17.3. The van der Waals surface area contributed by atoms with E-state index in [9.17, 15) is 14.4 Å². The van der Waals surface area contributed by atoms with Gasteiger partial charge in [0.2, 0.25) is 0 Å². The normalized spacial score (nSPS) is 12.8. The van der Waals surface area contributed by atoms with Crippen LogP contribution < -0.4 is 26.6 Å². The minimum Gasteiger partial charge on any atom is -0.484 e. The van der Waals surface area contributed by atoms with E-state index in [-0.39, 0.29) is 24.5 Å². The van der Waals surface area contributed by atoms with Crippen LogP contribution >= 0.6 is 0 Å². The summed E-state index contributed by atoms with van der Waals surface area (Å²) in [6.07, 6.45) is 2.20. The van der Waals surface area contributed by atoms with E-state index in [0.717, 1.165) is 12.0 Å². The molecule has 0 unspecified atom stereocenters. The molecule has 126 valence electrons. The van der Waals surface area contributed by atoms with Crippen LogP contribution in [0.2, 0.25) is 0 Å². The highest BCUT2D eigenvalue weighted by atomic mass is 16.5. The highest BCUT2D eigenvalue weighted by Gasteiger charge is 2.23. The summed E-state index contributed by atoms with van der Waals surface area (Å²) in [6.45, 7) is -0.668. The van der Waals surface area contributed by atoms with Crippen molar-refractivity contribution in [3.8, 4) is 11.5 Å². The van der Waals surface area contributed by atoms with Crippen molar-refractivity contribution in [2.24, 2.45) is 11.5 Å². The molecule has 0 bridgehead atoms. The van der Waals surface area contributed by atoms with Crippen LogP contribution in [0.3, 0.4) is 0 Å². The van der Waals surface area contributed by atoms with Gasteiger partial charge in [-0.1, -0.05) is 0 Å². The third kappa shape index (κ3) is 3.03. The van der Waals surface area contributed by atoms with Crippen molar-refractivity contribution in [3.05, 3.63) is 33.7 Å². The van der Waals surface area contributed by atoms with Gasteiger partial charge in [0.1, 0.15) is 17.1 Å². The maximum absolute atomic E-state index is 12.1. The van der Waals surface area contributed by atoms with Gasteiger partial charge in [0, 0.05) is 17.7 Å². The van der Waals surface area contributed by atoms with Crippen molar-refractivity contribution in [1.29, 1.82) is 0 Å². The first kappa shape index (κ1) is 15.9. The van der Waals surface area contributed by atoms with Crippen molar-refractivity contribution >= 4 is 22.8 Å². The third-order valence-electron chi connectivity index (χ3n) is 3.76. The quantitative estimate of drug-likeness (QED) is 0.715. The Hall–Kier alpha value is -3.03. The van der Waals surface area contributed by atoms with Crippen molar-refractivity contribution in [2.75, 3.05) is 13.2 Å². The number of fused-ring (bicyclic) bond motifs is 3. The van der Waals surface area contributed by atoms with Gasteiger partial charge in [0.15, 0.2) is 13.2 Å². The Morgan fingerprint density at radius 1 is 1.04 bits per heavy atom. The number of benzene rings is 1. The third-order valence-corrected chi connectivity index (χ3v) is 3.76. The summed E-state index contributed by atoms with van der Waals surface area (Å²) >= 11 is 0. The largest absolute Gasteiger partial charge is 0.484 e. The topological polar surface area (TPSA) is 135 Å². The van der Waals surface area contributed by atoms with Crippen molar-refractivity contribution in [3.63, 3.8) is 0 Å². The van der Waals surface area contributed by atoms with Crippen LogP contribution in [0, 0.1) is 0 Å². The van der Waals surface area contributed by atoms with Crippen molar-refractivity contribution in [2.45, 2.75) is 19.3 Å². The zero-order valence-corrected chi connectivity index (χ0v) is 12.8. The summed E-state index contributed by atoms with van der Waals surface area (Å²) in [5, 5.41) is 0.620. The van der Waals surface area contributed by atoms with Gasteiger partial charge in [-0.05, 0) is 24.8 Å². The second-order valence-corrected chi connectivity index (χ2v) is 5.50. The lowest BCUT2D eigenvalue weighted by atomic mass is 10.1. The van der Waals surface area contributed by atoms with E-state index in [2.05, 4.69) is 0 Å². The van der Waals surface area contributed by atoms with E-state index in [4.69, 9.17) is 25.4 Å². The Kier molecular flexibility index (Phi) is 4.11. The number of aryl methyl sites for hydroxylation is 1. The van der Waals surface area contributed by atoms with E-state index in [1.54, 1.807) is 0 Å². The number of hydrogen-bond acceptors (Lipinski definition) is 6. The number of amides is 2. The molecule has 1 aliphatic carbocycles. The fraction of sp³-hybridized carbons (Fsp3) is 0.312. The van der Waals surface area contributed by atoms with Gasteiger partial charge in [0.25, 0.3) is 11.8 Å². The summed E-state index contributed by atoms with van der Waals surface area (Å²) in [4.78, 5) is 34.0. The Bertz CT molecular complexity index is 886. The Labute approximate surface area is 136 Å². The monoisotopic (exact) mass is 332 g/mol. The highest BCUT2D eigenvalue weighted by Crippen LogP contribution is 2.37. The Balaban J connectivity index is 2.14. The second-order valence-electron chi connectivity index (χ2n) is 5.50. The van der Waals surface area contributed by atoms with Gasteiger partial charge in [-0.3, -0.25) is 9.59 Å². The van der Waals surface area contributed by atoms with Crippen LogP contribution in [0.15, 0.2) is 21.3 Å². The van der Waals surface area contributed by atoms with E-state index in [1.807, 2.05) is 0 Å². The molecule has 0 fully saturated rings. The first-order chi connectivity index (χ1) is 11.5. The van der Waals surface area contributed by atoms with E-state index in [0.29, 0.717) is 29.5 Å². The average Bonchev–Trinajstić information content (AvgIpc) is 3.00. The number of nitrogens with two attached hydrogens (primary N) is 2. The molecular formula is C16H16N2O6. The molecule has 8 heteroatoms. The second kappa shape index (κ2) is 6.23. The summed E-state index contributed by atoms with van der Waals surface area (Å²) in [5.74, 6) is -0.736. The molecule has 0 saturated carbocycles. The molecule has 8 nitrogen and oxygen atoms in total. The smallest absolute Gasteiger partial charge is 0.339 e. The fourth-order valence-electron chi connectivity index (χ4n) is 2.85. The first-order valence-corrected chi connectivity index (χ1v) is 7.40. The lowest BCUT2D eigenvalue weighted by Gasteiger charge is -2.13. The van der Waals surface area contributed by atoms with Crippen LogP contribution in [-0.2, 0) is 22.4 Å². The molecule has 0 radical (unpaired) electrons. The predicted molar refractivity (Wildman–Crippen MR) is 83.9 cm³/mol. The maximum atomic E-state index is 12.1. The average molecular weight is 332 g/mol. The molecule has 1 aliphatic rings. The minimum atomic E-state index is -0.648. The van der Waals surface area contributed by atoms with Crippen molar-refractivity contribution < 1.29 is 23.5 Å². The molecule has 4 N–H and O–H groups in total. The Morgan fingerprint density at radius 3 is 2.42 bits per heavy atom. The van der Waals surface area contributed by atoms with E-state index >= 15 is 0 Å². The maximum Gasteiger partial charge on any atom is 0.339 e. The van der Waals surface area contributed by atoms with Gasteiger partial charge < -0.3 is 25.4 Å². The van der Waals surface area contributed by atoms with Crippen LogP contribution in [0.4, 0.5) is 0 Å². The van der Waals surface area contributed by atoms with Crippen LogP contribution in [-0.4, -0.2) is 25.0 Å². The zero-order valence-electron chi connectivity index (χ0n) is 12.8. The molecule has 2 aromatic rings. The molecule has 0 spiro atoms. The number of rotatable bonds is 6. The lowest BCUT2D eigenvalue weighted by molar-refractivity contribution is -0.120. The van der Waals surface area contributed by atoms with E-state index < -0.39 is 17.4 Å². The fourth-order valence-corrected chi connectivity index (χ4v) is 2.85. The van der Waals surface area contributed by atoms with Gasteiger partial charge in [-0.15, -0.1) is 0 Å². The molecule has 24 heavy (non-hydrogen) atoms. The molecule has 1 heterocycles. The summed E-state index contributed by atoms with van der Waals surface area (Å²) < 4.78 is 16.1. The SMILES string of the molecule is NC(=O)COc1cc(OCC(N)=O)c2c3c(c(=O)oc2c1)CCC3. The van der Waals surface area contributed by atoms with Gasteiger partial charge in [0.05, 0.1) is 5.39 Å². The molecule has 2 amide bonds. The number of primary amides is 2. The minimum absolute atomic E-state index is 0.238. The summed E-state index contributed by atoms with van der Waals surface area (Å²) in [5.41, 5.74) is 11.5. The van der Waals surface area contributed by atoms with Crippen LogP contribution in [0.1, 0.15) is 17.5 Å². The molecule has 0 atom stereocenters. The first-order valence-electron chi connectivity index (χ1n) is 7.40. The lowest BCUT2D eigenvalue weighted by Crippen LogP contribution is -2.21. The molecule has 3 rings (SSSR count). The van der Waals surface area contributed by atoms with Crippen molar-refractivity contribution in [1.82, 2.24) is 0 Å². The summed E-state index contributed by atoms with van der Waals surface area (Å²) in [6, 6.07) is 3.02. The molecule has 0 aliphatic heterocycles. The molecule has 0 saturated heterocycles. The summed E-state index contributed by atoms with van der Waals surface area (Å²) in [7, 11) is 0. The van der Waals surface area contributed by atoms with Gasteiger partial charge >= 0.3 is 5.63 Å². The molecule has 1 aromatic heterocycles. The number of carbonyl (C=O) groups is 2.